The van der Waals surface area contributed by atoms with E-state index in [-0.39, 0.29) is 18.2 Å². The first-order valence-corrected chi connectivity index (χ1v) is 15.1. The van der Waals surface area contributed by atoms with Crippen LogP contribution in [0.3, 0.4) is 0 Å². The van der Waals surface area contributed by atoms with Crippen molar-refractivity contribution in [2.75, 3.05) is 61.6 Å². The number of carbonyl (C=O) groups is 1. The van der Waals surface area contributed by atoms with Crippen molar-refractivity contribution in [3.05, 3.63) is 0 Å². The molecule has 4 N–H and O–H groups in total. The van der Waals surface area contributed by atoms with Crippen molar-refractivity contribution in [2.24, 2.45) is 35.3 Å². The maximum atomic E-state index is 14.8. The molecule has 1 saturated heterocycles. The molecule has 0 aromatic heterocycles. The summed E-state index contributed by atoms with van der Waals surface area (Å²) in [6, 6.07) is 0.516. The molecule has 3 saturated carbocycles. The summed E-state index contributed by atoms with van der Waals surface area (Å²) in [6.45, 7) is 5.41. The number of nitrogens with zero attached hydrogens (tertiary/aromatic N) is 3. The quantitative estimate of drug-likeness (QED) is 0.423. The summed E-state index contributed by atoms with van der Waals surface area (Å²) in [5, 5.41) is 7.12. The predicted octanol–water partition coefficient (Wildman–Crippen LogP) is 2.15. The highest BCUT2D eigenvalue weighted by Crippen LogP contribution is 2.57. The number of hydrogen-bond donors (Lipinski definition) is 3. The standard InChI is InChI=1S/C29H56N6O2/c1-7-20-16-24-22(10-12-26(20)37-6)15-21-9-11-23(33(2)3)17-25(21)29(24,35(5)19-30)28(36)32-18-27-31-13-8-14-34(27)4/h20-27,31H,7-19,30H2,1-6H3,(H,32,36). The zero-order valence-electron chi connectivity index (χ0n) is 24.5. The third-order valence-corrected chi connectivity index (χ3v) is 11.1. The fourth-order valence-electron chi connectivity index (χ4n) is 8.91. The van der Waals surface area contributed by atoms with Crippen LogP contribution >= 0.6 is 0 Å². The first-order valence-electron chi connectivity index (χ1n) is 15.1. The molecule has 37 heavy (non-hydrogen) atoms. The van der Waals surface area contributed by atoms with Gasteiger partial charge in [-0.15, -0.1) is 0 Å². The summed E-state index contributed by atoms with van der Waals surface area (Å²) in [6.07, 6.45) is 10.8. The van der Waals surface area contributed by atoms with Gasteiger partial charge in [-0.1, -0.05) is 13.3 Å². The number of hydrogen-bond acceptors (Lipinski definition) is 7. The lowest BCUT2D eigenvalue weighted by Crippen LogP contribution is -2.73. The van der Waals surface area contributed by atoms with Gasteiger partial charge in [-0.3, -0.25) is 14.6 Å². The van der Waals surface area contributed by atoms with Crippen molar-refractivity contribution in [2.45, 2.75) is 88.6 Å². The van der Waals surface area contributed by atoms with Gasteiger partial charge in [0, 0.05) is 32.9 Å². The molecule has 9 atom stereocenters. The van der Waals surface area contributed by atoms with Crippen LogP contribution in [0, 0.1) is 29.6 Å². The predicted molar refractivity (Wildman–Crippen MR) is 150 cm³/mol. The number of ether oxygens (including phenoxy) is 1. The highest BCUT2D eigenvalue weighted by atomic mass is 16.5. The smallest absolute Gasteiger partial charge is 0.241 e. The molecule has 214 valence electrons. The molecule has 1 aliphatic heterocycles. The number of amides is 1. The van der Waals surface area contributed by atoms with Crippen LogP contribution < -0.4 is 16.4 Å². The third-order valence-electron chi connectivity index (χ3n) is 11.1. The molecular weight excluding hydrogens is 464 g/mol. The van der Waals surface area contributed by atoms with Gasteiger partial charge >= 0.3 is 0 Å². The largest absolute Gasteiger partial charge is 0.381 e. The fourth-order valence-corrected chi connectivity index (χ4v) is 8.91. The summed E-state index contributed by atoms with van der Waals surface area (Å²) in [5.41, 5.74) is 5.89. The second-order valence-electron chi connectivity index (χ2n) is 12.9. The van der Waals surface area contributed by atoms with Gasteiger partial charge in [0.05, 0.1) is 12.3 Å². The third kappa shape index (κ3) is 5.62. The normalized spacial score (nSPS) is 41.2. The average molecular weight is 521 g/mol. The van der Waals surface area contributed by atoms with Crippen molar-refractivity contribution >= 4 is 5.91 Å². The van der Waals surface area contributed by atoms with Crippen molar-refractivity contribution < 1.29 is 9.53 Å². The molecule has 0 spiro atoms. The van der Waals surface area contributed by atoms with E-state index in [0.717, 1.165) is 51.6 Å². The summed E-state index contributed by atoms with van der Waals surface area (Å²) in [5.74, 6) is 2.43. The van der Waals surface area contributed by atoms with Crippen molar-refractivity contribution in [1.29, 1.82) is 0 Å². The van der Waals surface area contributed by atoms with Crippen LogP contribution in [0.2, 0.25) is 0 Å². The number of rotatable bonds is 8. The highest BCUT2D eigenvalue weighted by molar-refractivity contribution is 5.87. The molecule has 4 fully saturated rings. The number of nitrogens with two attached hydrogens (primary N) is 1. The Morgan fingerprint density at radius 1 is 1.11 bits per heavy atom. The van der Waals surface area contributed by atoms with Crippen LogP contribution in [0.15, 0.2) is 0 Å². The lowest BCUT2D eigenvalue weighted by atomic mass is 9.51. The van der Waals surface area contributed by atoms with E-state index < -0.39 is 5.54 Å². The monoisotopic (exact) mass is 520 g/mol. The van der Waals surface area contributed by atoms with Crippen molar-refractivity contribution in [1.82, 2.24) is 25.3 Å². The minimum atomic E-state index is -0.583. The fraction of sp³-hybridized carbons (Fsp3) is 0.966. The Labute approximate surface area is 226 Å². The molecular formula is C29H56N6O2. The molecule has 0 aromatic rings. The zero-order valence-corrected chi connectivity index (χ0v) is 24.5. The van der Waals surface area contributed by atoms with Gasteiger partial charge in [-0.25, -0.2) is 0 Å². The van der Waals surface area contributed by atoms with E-state index in [1.807, 2.05) is 7.11 Å². The van der Waals surface area contributed by atoms with E-state index in [1.165, 1.54) is 19.3 Å². The zero-order chi connectivity index (χ0) is 26.7. The van der Waals surface area contributed by atoms with Gasteiger partial charge in [0.1, 0.15) is 5.54 Å². The van der Waals surface area contributed by atoms with Gasteiger partial charge in [0.25, 0.3) is 0 Å². The Bertz CT molecular complexity index is 752. The summed E-state index contributed by atoms with van der Waals surface area (Å²) >= 11 is 0. The molecule has 0 radical (unpaired) electrons. The van der Waals surface area contributed by atoms with E-state index in [0.29, 0.717) is 48.8 Å². The maximum absolute atomic E-state index is 14.8. The number of nitrogens with one attached hydrogen (secondary N) is 2. The summed E-state index contributed by atoms with van der Waals surface area (Å²) < 4.78 is 6.04. The minimum absolute atomic E-state index is 0.185. The SMILES string of the molecule is CCC1CC2C(CCC1OC)CC1CCC(N(C)C)CC1C2(C(=O)NCC1NCCCN1C)N(C)CN. The molecule has 0 aromatic carbocycles. The Balaban J connectivity index is 1.74. The molecule has 4 rings (SSSR count). The van der Waals surface area contributed by atoms with E-state index in [2.05, 4.69) is 60.4 Å². The molecule has 8 nitrogen and oxygen atoms in total. The van der Waals surface area contributed by atoms with Crippen LogP contribution in [-0.2, 0) is 9.53 Å². The molecule has 4 aliphatic rings. The van der Waals surface area contributed by atoms with Gasteiger partial charge < -0.3 is 26.0 Å². The average Bonchev–Trinajstić information content (AvgIpc) is 3.09. The van der Waals surface area contributed by atoms with Crippen LogP contribution in [0.4, 0.5) is 0 Å². The summed E-state index contributed by atoms with van der Waals surface area (Å²) in [4.78, 5) is 21.8. The molecule has 3 aliphatic carbocycles. The minimum Gasteiger partial charge on any atom is -0.381 e. The molecule has 1 heterocycles. The molecule has 1 amide bonds. The second-order valence-corrected chi connectivity index (χ2v) is 12.9. The highest BCUT2D eigenvalue weighted by Gasteiger charge is 2.63. The number of likely N-dealkylation sites (N-methyl/N-ethyl adjacent to an activating group) is 2. The number of methoxy groups -OCH3 is 1. The van der Waals surface area contributed by atoms with E-state index >= 15 is 0 Å². The van der Waals surface area contributed by atoms with E-state index in [9.17, 15) is 4.79 Å². The second kappa shape index (κ2) is 12.6. The Morgan fingerprint density at radius 2 is 1.81 bits per heavy atom. The van der Waals surface area contributed by atoms with Crippen LogP contribution in [0.25, 0.3) is 0 Å². The van der Waals surface area contributed by atoms with Crippen LogP contribution in [-0.4, -0.2) is 106 Å². The molecule has 0 bridgehead atoms. The van der Waals surface area contributed by atoms with E-state index in [1.54, 1.807) is 0 Å². The molecule has 9 unspecified atom stereocenters. The van der Waals surface area contributed by atoms with Gasteiger partial charge in [0.2, 0.25) is 5.91 Å². The molecule has 8 heteroatoms. The van der Waals surface area contributed by atoms with E-state index in [4.69, 9.17) is 10.5 Å². The lowest BCUT2D eigenvalue weighted by molar-refractivity contribution is -0.162. The first kappa shape index (κ1) is 29.2. The summed E-state index contributed by atoms with van der Waals surface area (Å²) in [7, 11) is 10.6. The van der Waals surface area contributed by atoms with Crippen molar-refractivity contribution in [3.63, 3.8) is 0 Å². The maximum Gasteiger partial charge on any atom is 0.241 e. The van der Waals surface area contributed by atoms with Gasteiger partial charge in [-0.05, 0) is 116 Å². The lowest BCUT2D eigenvalue weighted by Gasteiger charge is -2.61. The Hall–Kier alpha value is -0.770. The van der Waals surface area contributed by atoms with Crippen molar-refractivity contribution in [3.8, 4) is 0 Å². The first-order chi connectivity index (χ1) is 17.8. The number of carbonyl (C=O) groups excluding carboxylic acids is 1. The van der Waals surface area contributed by atoms with Crippen LogP contribution in [0.1, 0.15) is 64.7 Å². The Kier molecular flexibility index (Phi) is 9.95. The van der Waals surface area contributed by atoms with Gasteiger partial charge in [-0.2, -0.15) is 0 Å². The van der Waals surface area contributed by atoms with Crippen LogP contribution in [0.5, 0.6) is 0 Å². The Morgan fingerprint density at radius 3 is 2.43 bits per heavy atom. The van der Waals surface area contributed by atoms with Gasteiger partial charge in [0.15, 0.2) is 0 Å². The number of fused-ring (bicyclic) bond motifs is 2. The topological polar surface area (TPSA) is 86.1 Å².